The molecule has 0 aromatic heterocycles. The molecular weight excluding hydrogens is 351 g/mol. The summed E-state index contributed by atoms with van der Waals surface area (Å²) in [7, 11) is 1.37. The first-order valence-electron chi connectivity index (χ1n) is 6.49. The molecule has 2 rings (SSSR count). The van der Waals surface area contributed by atoms with Crippen LogP contribution < -0.4 is 10.2 Å². The van der Waals surface area contributed by atoms with E-state index in [0.717, 1.165) is 6.21 Å². The van der Waals surface area contributed by atoms with Crippen molar-refractivity contribution in [3.8, 4) is 11.5 Å². The molecule has 132 valence electrons. The molecule has 0 saturated carbocycles. The van der Waals surface area contributed by atoms with E-state index in [4.69, 9.17) is 4.74 Å². The molecule has 2 aromatic rings. The van der Waals surface area contributed by atoms with Crippen molar-refractivity contribution in [1.82, 2.24) is 5.43 Å². The van der Waals surface area contributed by atoms with Crippen LogP contribution in [0.5, 0.6) is 11.5 Å². The summed E-state index contributed by atoms with van der Waals surface area (Å²) >= 11 is 0. The van der Waals surface area contributed by atoms with Crippen LogP contribution in [0.3, 0.4) is 0 Å². The van der Waals surface area contributed by atoms with Gasteiger partial charge in [-0.15, -0.1) is 0 Å². The number of hydrogen-bond donors (Lipinski definition) is 2. The summed E-state index contributed by atoms with van der Waals surface area (Å²) in [6, 6.07) is 4.03. The number of halogens is 5. The molecule has 0 aliphatic carbocycles. The minimum Gasteiger partial charge on any atom is -0.507 e. The topological polar surface area (TPSA) is 70.9 Å². The normalized spacial score (nSPS) is 11.0. The zero-order chi connectivity index (χ0) is 18.7. The standard InChI is InChI=1S/C15H9F5N2O3/c1-25-7-3-2-6(8(23)4-7)5-21-22-15(24)9-10(16)12(18)14(20)13(19)11(9)17/h2-5,23H,1H3,(H,22,24). The number of ether oxygens (including phenoxy) is 1. The van der Waals surface area contributed by atoms with Gasteiger partial charge in [0.2, 0.25) is 5.82 Å². The van der Waals surface area contributed by atoms with Gasteiger partial charge in [0, 0.05) is 11.6 Å². The van der Waals surface area contributed by atoms with Gasteiger partial charge in [-0.1, -0.05) is 0 Å². The largest absolute Gasteiger partial charge is 0.507 e. The van der Waals surface area contributed by atoms with E-state index >= 15 is 0 Å². The van der Waals surface area contributed by atoms with Crippen molar-refractivity contribution >= 4 is 12.1 Å². The lowest BCUT2D eigenvalue weighted by atomic mass is 10.1. The van der Waals surface area contributed by atoms with Crippen LogP contribution in [0.2, 0.25) is 0 Å². The number of phenolic OH excluding ortho intramolecular Hbond substituents is 1. The Morgan fingerprint density at radius 2 is 1.64 bits per heavy atom. The van der Waals surface area contributed by atoms with E-state index in [-0.39, 0.29) is 11.3 Å². The lowest BCUT2D eigenvalue weighted by Gasteiger charge is -2.06. The summed E-state index contributed by atoms with van der Waals surface area (Å²) in [5.41, 5.74) is 0.0334. The summed E-state index contributed by atoms with van der Waals surface area (Å²) in [5.74, 6) is -13.0. The van der Waals surface area contributed by atoms with Gasteiger partial charge in [-0.25, -0.2) is 27.4 Å². The van der Waals surface area contributed by atoms with Crippen molar-refractivity contribution in [3.63, 3.8) is 0 Å². The Balaban J connectivity index is 2.24. The highest BCUT2D eigenvalue weighted by molar-refractivity contribution is 5.95. The highest BCUT2D eigenvalue weighted by Crippen LogP contribution is 2.23. The maximum atomic E-state index is 13.5. The highest BCUT2D eigenvalue weighted by Gasteiger charge is 2.29. The minimum atomic E-state index is -2.38. The molecule has 0 aliphatic heterocycles. The lowest BCUT2D eigenvalue weighted by molar-refractivity contribution is 0.0943. The van der Waals surface area contributed by atoms with Crippen molar-refractivity contribution < 1.29 is 36.6 Å². The number of methoxy groups -OCH3 is 1. The van der Waals surface area contributed by atoms with Gasteiger partial charge in [-0.2, -0.15) is 5.10 Å². The van der Waals surface area contributed by atoms with Crippen LogP contribution in [-0.4, -0.2) is 24.3 Å². The van der Waals surface area contributed by atoms with Crippen molar-refractivity contribution in [2.45, 2.75) is 0 Å². The monoisotopic (exact) mass is 360 g/mol. The van der Waals surface area contributed by atoms with E-state index in [9.17, 15) is 31.9 Å². The second-order valence-electron chi connectivity index (χ2n) is 4.57. The Morgan fingerprint density at radius 1 is 1.08 bits per heavy atom. The maximum absolute atomic E-state index is 13.5. The van der Waals surface area contributed by atoms with Gasteiger partial charge in [0.05, 0.1) is 13.3 Å². The average Bonchev–Trinajstić information content (AvgIpc) is 2.59. The Bertz CT molecular complexity index is 842. The molecule has 5 nitrogen and oxygen atoms in total. The number of nitrogens with zero attached hydrogens (tertiary/aromatic N) is 1. The van der Waals surface area contributed by atoms with E-state index in [2.05, 4.69) is 5.10 Å². The molecule has 0 heterocycles. The fourth-order valence-corrected chi connectivity index (χ4v) is 1.78. The molecule has 0 saturated heterocycles. The van der Waals surface area contributed by atoms with Gasteiger partial charge in [0.15, 0.2) is 23.3 Å². The van der Waals surface area contributed by atoms with Crippen LogP contribution in [0.25, 0.3) is 0 Å². The van der Waals surface area contributed by atoms with E-state index in [1.807, 2.05) is 0 Å². The van der Waals surface area contributed by atoms with Crippen molar-refractivity contribution in [1.29, 1.82) is 0 Å². The molecule has 0 spiro atoms. The van der Waals surface area contributed by atoms with Crippen LogP contribution in [0.4, 0.5) is 22.0 Å². The summed E-state index contributed by atoms with van der Waals surface area (Å²) in [5, 5.41) is 13.0. The van der Waals surface area contributed by atoms with Crippen LogP contribution >= 0.6 is 0 Å². The Labute approximate surface area is 137 Å². The number of aromatic hydroxyl groups is 1. The lowest BCUT2D eigenvalue weighted by Crippen LogP contribution is -2.23. The molecule has 0 radical (unpaired) electrons. The van der Waals surface area contributed by atoms with Gasteiger partial charge in [-0.05, 0) is 12.1 Å². The number of carbonyl (C=O) groups is 1. The molecule has 25 heavy (non-hydrogen) atoms. The van der Waals surface area contributed by atoms with Crippen molar-refractivity contribution in [2.24, 2.45) is 5.10 Å². The first-order valence-corrected chi connectivity index (χ1v) is 6.49. The van der Waals surface area contributed by atoms with Crippen LogP contribution in [0.1, 0.15) is 15.9 Å². The fraction of sp³-hybridized carbons (Fsp3) is 0.0667. The Kier molecular flexibility index (Phi) is 5.20. The molecule has 10 heteroatoms. The van der Waals surface area contributed by atoms with E-state index in [1.54, 1.807) is 5.43 Å². The first-order chi connectivity index (χ1) is 11.8. The number of hydrogen-bond acceptors (Lipinski definition) is 4. The molecule has 0 fully saturated rings. The molecule has 0 bridgehead atoms. The quantitative estimate of drug-likeness (QED) is 0.290. The zero-order valence-corrected chi connectivity index (χ0v) is 12.4. The number of phenols is 1. The van der Waals surface area contributed by atoms with Gasteiger partial charge in [0.1, 0.15) is 17.1 Å². The number of hydrazone groups is 1. The second kappa shape index (κ2) is 7.16. The van der Waals surface area contributed by atoms with Gasteiger partial charge < -0.3 is 9.84 Å². The van der Waals surface area contributed by atoms with Gasteiger partial charge in [-0.3, -0.25) is 4.79 Å². The van der Waals surface area contributed by atoms with Crippen molar-refractivity contribution in [2.75, 3.05) is 7.11 Å². The van der Waals surface area contributed by atoms with Crippen LogP contribution in [0, 0.1) is 29.1 Å². The summed E-state index contributed by atoms with van der Waals surface area (Å²) in [6.45, 7) is 0. The Morgan fingerprint density at radius 3 is 2.16 bits per heavy atom. The second-order valence-corrected chi connectivity index (χ2v) is 4.57. The summed E-state index contributed by atoms with van der Waals surface area (Å²) in [6.07, 6.45) is 0.902. The number of carbonyl (C=O) groups excluding carboxylic acids is 1. The molecule has 2 N–H and O–H groups in total. The molecule has 0 aliphatic rings. The maximum Gasteiger partial charge on any atom is 0.277 e. The third-order valence-corrected chi connectivity index (χ3v) is 3.04. The van der Waals surface area contributed by atoms with Gasteiger partial charge in [0.25, 0.3) is 5.91 Å². The Hall–Kier alpha value is -3.17. The van der Waals surface area contributed by atoms with Gasteiger partial charge >= 0.3 is 0 Å². The average molecular weight is 360 g/mol. The number of amides is 1. The number of benzene rings is 2. The van der Waals surface area contributed by atoms with Crippen LogP contribution in [-0.2, 0) is 0 Å². The predicted octanol–water partition coefficient (Wildman–Crippen LogP) is 2.86. The highest BCUT2D eigenvalue weighted by atomic mass is 19.2. The third-order valence-electron chi connectivity index (χ3n) is 3.04. The third kappa shape index (κ3) is 3.52. The van der Waals surface area contributed by atoms with Crippen LogP contribution in [0.15, 0.2) is 23.3 Å². The SMILES string of the molecule is COc1ccc(C=NNC(=O)c2c(F)c(F)c(F)c(F)c2F)c(O)c1. The zero-order valence-electron chi connectivity index (χ0n) is 12.4. The summed E-state index contributed by atoms with van der Waals surface area (Å²) < 4.78 is 70.8. The minimum absolute atomic E-state index is 0.0958. The molecule has 0 atom stereocenters. The molecule has 2 aromatic carbocycles. The number of rotatable bonds is 4. The molecule has 1 amide bonds. The van der Waals surface area contributed by atoms with E-state index in [0.29, 0.717) is 5.75 Å². The molecular formula is C15H9F5N2O3. The predicted molar refractivity (Wildman–Crippen MR) is 76.0 cm³/mol. The fourth-order valence-electron chi connectivity index (χ4n) is 1.78. The van der Waals surface area contributed by atoms with E-state index in [1.165, 1.54) is 25.3 Å². The van der Waals surface area contributed by atoms with E-state index < -0.39 is 40.6 Å². The smallest absolute Gasteiger partial charge is 0.277 e. The number of nitrogens with one attached hydrogen (secondary N) is 1. The molecule has 0 unspecified atom stereocenters. The first kappa shape index (κ1) is 18.2. The van der Waals surface area contributed by atoms with Crippen molar-refractivity contribution in [3.05, 3.63) is 58.4 Å². The summed E-state index contributed by atoms with van der Waals surface area (Å²) in [4.78, 5) is 11.6.